The van der Waals surface area contributed by atoms with E-state index in [1.54, 1.807) is 0 Å². The number of aromatic nitrogens is 3. The third kappa shape index (κ3) is 4.05. The first-order valence-electron chi connectivity index (χ1n) is 10.4. The molecule has 0 aliphatic carbocycles. The third-order valence-electron chi connectivity index (χ3n) is 5.84. The standard InChI is InChI=1S/C22H29FN6/c1-4-18(5-2)29-9-8-16-15-24-22(26-21(16)29)25-17-6-7-20(19(23)14-17)28-12-10-27(3)11-13-28/h6-9,14-15,18H,4-5,10-13H2,1-3H3,(H,24,25,26). The predicted octanol–water partition coefficient (Wildman–Crippen LogP) is 4.43. The molecular formula is C22H29FN6. The van der Waals surface area contributed by atoms with Crippen LogP contribution in [0.1, 0.15) is 32.7 Å². The first-order valence-corrected chi connectivity index (χ1v) is 10.4. The van der Waals surface area contributed by atoms with Crippen LogP contribution in [0.5, 0.6) is 0 Å². The Hall–Kier alpha value is -2.67. The van der Waals surface area contributed by atoms with Crippen LogP contribution in [0, 0.1) is 5.82 Å². The van der Waals surface area contributed by atoms with Crippen molar-refractivity contribution in [3.05, 3.63) is 42.5 Å². The van der Waals surface area contributed by atoms with Gasteiger partial charge in [-0.1, -0.05) is 13.8 Å². The van der Waals surface area contributed by atoms with Gasteiger partial charge in [0.2, 0.25) is 5.95 Å². The summed E-state index contributed by atoms with van der Waals surface area (Å²) in [6, 6.07) is 7.72. The van der Waals surface area contributed by atoms with Gasteiger partial charge in [0.05, 0.1) is 5.69 Å². The lowest BCUT2D eigenvalue weighted by Crippen LogP contribution is -2.44. The van der Waals surface area contributed by atoms with Gasteiger partial charge in [0.15, 0.2) is 0 Å². The highest BCUT2D eigenvalue weighted by atomic mass is 19.1. The minimum absolute atomic E-state index is 0.221. The summed E-state index contributed by atoms with van der Waals surface area (Å²) in [6.07, 6.45) is 5.99. The van der Waals surface area contributed by atoms with Crippen LogP contribution in [0.25, 0.3) is 11.0 Å². The molecule has 0 spiro atoms. The van der Waals surface area contributed by atoms with Gasteiger partial charge in [-0.2, -0.15) is 4.98 Å². The summed E-state index contributed by atoms with van der Waals surface area (Å²) in [5.41, 5.74) is 2.22. The molecule has 1 aliphatic rings. The molecule has 1 aromatic carbocycles. The summed E-state index contributed by atoms with van der Waals surface area (Å²) in [5.74, 6) is 0.260. The van der Waals surface area contributed by atoms with Crippen molar-refractivity contribution in [1.82, 2.24) is 19.4 Å². The lowest BCUT2D eigenvalue weighted by molar-refractivity contribution is 0.311. The Bertz CT molecular complexity index is 973. The number of fused-ring (bicyclic) bond motifs is 1. The molecule has 1 fully saturated rings. The molecule has 29 heavy (non-hydrogen) atoms. The fourth-order valence-electron chi connectivity index (χ4n) is 3.99. The molecule has 3 aromatic rings. The lowest BCUT2D eigenvalue weighted by atomic mass is 10.2. The van der Waals surface area contributed by atoms with Crippen molar-refractivity contribution in [3.8, 4) is 0 Å². The number of anilines is 3. The van der Waals surface area contributed by atoms with Crippen molar-refractivity contribution in [1.29, 1.82) is 0 Å². The van der Waals surface area contributed by atoms with Crippen molar-refractivity contribution in [2.24, 2.45) is 0 Å². The zero-order chi connectivity index (χ0) is 20.4. The number of halogens is 1. The van der Waals surface area contributed by atoms with Gasteiger partial charge in [-0.3, -0.25) is 0 Å². The van der Waals surface area contributed by atoms with E-state index in [1.165, 1.54) is 6.07 Å². The quantitative estimate of drug-likeness (QED) is 0.668. The summed E-state index contributed by atoms with van der Waals surface area (Å²) < 4.78 is 17.0. The number of hydrogen-bond acceptors (Lipinski definition) is 5. The predicted molar refractivity (Wildman–Crippen MR) is 117 cm³/mol. The Morgan fingerprint density at radius 2 is 1.86 bits per heavy atom. The van der Waals surface area contributed by atoms with Gasteiger partial charge in [-0.05, 0) is 44.2 Å². The molecule has 154 valence electrons. The van der Waals surface area contributed by atoms with Gasteiger partial charge in [0, 0.05) is 55.7 Å². The highest BCUT2D eigenvalue weighted by Crippen LogP contribution is 2.27. The van der Waals surface area contributed by atoms with E-state index in [1.807, 2.05) is 24.4 Å². The van der Waals surface area contributed by atoms with Crippen LogP contribution in [-0.2, 0) is 0 Å². The molecule has 0 amide bonds. The number of nitrogens with zero attached hydrogens (tertiary/aromatic N) is 5. The summed E-state index contributed by atoms with van der Waals surface area (Å²) >= 11 is 0. The van der Waals surface area contributed by atoms with Crippen molar-refractivity contribution in [2.45, 2.75) is 32.7 Å². The molecule has 0 bridgehead atoms. The van der Waals surface area contributed by atoms with Gasteiger partial charge >= 0.3 is 0 Å². The summed E-state index contributed by atoms with van der Waals surface area (Å²) in [6.45, 7) is 7.95. The molecular weight excluding hydrogens is 367 g/mol. The van der Waals surface area contributed by atoms with Crippen LogP contribution in [0.2, 0.25) is 0 Å². The van der Waals surface area contributed by atoms with Crippen LogP contribution in [-0.4, -0.2) is 52.7 Å². The second-order valence-electron chi connectivity index (χ2n) is 7.75. The highest BCUT2D eigenvalue weighted by Gasteiger charge is 2.18. The van der Waals surface area contributed by atoms with Crippen LogP contribution in [0.3, 0.4) is 0 Å². The van der Waals surface area contributed by atoms with Gasteiger partial charge < -0.3 is 19.7 Å². The smallest absolute Gasteiger partial charge is 0.229 e. The van der Waals surface area contributed by atoms with E-state index in [0.29, 0.717) is 23.4 Å². The molecule has 6 nitrogen and oxygen atoms in total. The third-order valence-corrected chi connectivity index (χ3v) is 5.84. The zero-order valence-electron chi connectivity index (χ0n) is 17.4. The Balaban J connectivity index is 1.55. The van der Waals surface area contributed by atoms with Crippen molar-refractivity contribution in [3.63, 3.8) is 0 Å². The Morgan fingerprint density at radius 1 is 1.10 bits per heavy atom. The van der Waals surface area contributed by atoms with E-state index in [0.717, 1.165) is 50.1 Å². The van der Waals surface area contributed by atoms with Crippen molar-refractivity contribution in [2.75, 3.05) is 43.4 Å². The average molecular weight is 397 g/mol. The molecule has 1 N–H and O–H groups in total. The largest absolute Gasteiger partial charge is 0.367 e. The molecule has 2 aromatic heterocycles. The number of piperazine rings is 1. The van der Waals surface area contributed by atoms with Gasteiger partial charge in [-0.25, -0.2) is 9.37 Å². The molecule has 1 aliphatic heterocycles. The highest BCUT2D eigenvalue weighted by molar-refractivity contribution is 5.77. The Kier molecular flexibility index (Phi) is 5.67. The number of rotatable bonds is 6. The normalized spacial score (nSPS) is 15.4. The van der Waals surface area contributed by atoms with Crippen LogP contribution in [0.4, 0.5) is 21.7 Å². The molecule has 0 radical (unpaired) electrons. The minimum Gasteiger partial charge on any atom is -0.367 e. The Labute approximate surface area is 171 Å². The van der Waals surface area contributed by atoms with Gasteiger partial charge in [0.25, 0.3) is 0 Å². The zero-order valence-corrected chi connectivity index (χ0v) is 17.4. The van der Waals surface area contributed by atoms with E-state index in [9.17, 15) is 4.39 Å². The summed E-state index contributed by atoms with van der Waals surface area (Å²) in [7, 11) is 2.09. The molecule has 0 unspecified atom stereocenters. The van der Waals surface area contributed by atoms with E-state index in [-0.39, 0.29) is 5.82 Å². The monoisotopic (exact) mass is 396 g/mol. The molecule has 0 saturated carbocycles. The number of hydrogen-bond donors (Lipinski definition) is 1. The molecule has 7 heteroatoms. The maximum absolute atomic E-state index is 14.8. The topological polar surface area (TPSA) is 49.2 Å². The van der Waals surface area contributed by atoms with Gasteiger partial charge in [-0.15, -0.1) is 0 Å². The van der Waals surface area contributed by atoms with Gasteiger partial charge in [0.1, 0.15) is 11.5 Å². The van der Waals surface area contributed by atoms with Crippen LogP contribution in [0.15, 0.2) is 36.7 Å². The number of likely N-dealkylation sites (N-methyl/N-ethyl adjacent to an activating group) is 1. The molecule has 3 heterocycles. The number of benzene rings is 1. The van der Waals surface area contributed by atoms with E-state index >= 15 is 0 Å². The van der Waals surface area contributed by atoms with Crippen LogP contribution >= 0.6 is 0 Å². The molecule has 1 saturated heterocycles. The fourth-order valence-corrected chi connectivity index (χ4v) is 3.99. The second-order valence-corrected chi connectivity index (χ2v) is 7.75. The molecule has 0 atom stereocenters. The average Bonchev–Trinajstić information content (AvgIpc) is 3.13. The first-order chi connectivity index (χ1) is 14.1. The minimum atomic E-state index is -0.221. The maximum atomic E-state index is 14.8. The van der Waals surface area contributed by atoms with Crippen LogP contribution < -0.4 is 10.2 Å². The van der Waals surface area contributed by atoms with E-state index in [2.05, 4.69) is 51.8 Å². The van der Waals surface area contributed by atoms with Crippen molar-refractivity contribution < 1.29 is 4.39 Å². The van der Waals surface area contributed by atoms with E-state index < -0.39 is 0 Å². The summed E-state index contributed by atoms with van der Waals surface area (Å²) in [5, 5.41) is 4.18. The fraction of sp³-hybridized carbons (Fsp3) is 0.455. The lowest BCUT2D eigenvalue weighted by Gasteiger charge is -2.34. The first kappa shape index (κ1) is 19.6. The SMILES string of the molecule is CCC(CC)n1ccc2cnc(Nc3ccc(N4CCN(C)CC4)c(F)c3)nc21. The Morgan fingerprint density at radius 3 is 2.55 bits per heavy atom. The number of nitrogens with one attached hydrogen (secondary N) is 1. The summed E-state index contributed by atoms with van der Waals surface area (Å²) in [4.78, 5) is 13.5. The molecule has 4 rings (SSSR count). The maximum Gasteiger partial charge on any atom is 0.229 e. The van der Waals surface area contributed by atoms with Crippen molar-refractivity contribution >= 4 is 28.4 Å². The second kappa shape index (κ2) is 8.37. The van der Waals surface area contributed by atoms with E-state index in [4.69, 9.17) is 4.98 Å².